The number of aromatic nitrogens is 1. The van der Waals surface area contributed by atoms with Crippen molar-refractivity contribution in [1.82, 2.24) is 9.88 Å². The van der Waals surface area contributed by atoms with Crippen molar-refractivity contribution < 1.29 is 24.5 Å². The molecule has 0 spiro atoms. The molecular formula is C27H31ClN2O5. The molecule has 3 rings (SSSR count). The Morgan fingerprint density at radius 1 is 1.23 bits per heavy atom. The van der Waals surface area contributed by atoms with Crippen LogP contribution in [0.3, 0.4) is 0 Å². The van der Waals surface area contributed by atoms with Gasteiger partial charge in [0.15, 0.2) is 0 Å². The van der Waals surface area contributed by atoms with E-state index < -0.39 is 29.2 Å². The molecule has 1 unspecified atom stereocenters. The lowest BCUT2D eigenvalue weighted by atomic mass is 9.76. The summed E-state index contributed by atoms with van der Waals surface area (Å²) in [7, 11) is 0. The molecular weight excluding hydrogens is 468 g/mol. The average molecular weight is 499 g/mol. The van der Waals surface area contributed by atoms with Gasteiger partial charge in [-0.15, -0.1) is 0 Å². The lowest BCUT2D eigenvalue weighted by Crippen LogP contribution is -2.42. The zero-order valence-electron chi connectivity index (χ0n) is 20.1. The van der Waals surface area contributed by atoms with Crippen LogP contribution in [0.1, 0.15) is 50.8 Å². The number of hydrogen-bond acceptors (Lipinski definition) is 5. The molecule has 8 heteroatoms. The van der Waals surface area contributed by atoms with Crippen LogP contribution in [0.4, 0.5) is 4.79 Å². The van der Waals surface area contributed by atoms with E-state index in [2.05, 4.69) is 4.98 Å². The van der Waals surface area contributed by atoms with Gasteiger partial charge in [-0.05, 0) is 50.8 Å². The molecule has 2 atom stereocenters. The highest BCUT2D eigenvalue weighted by molar-refractivity contribution is 6.30. The average Bonchev–Trinajstić information content (AvgIpc) is 2.81. The molecule has 7 nitrogen and oxygen atoms in total. The molecule has 0 radical (unpaired) electrons. The highest BCUT2D eigenvalue weighted by Crippen LogP contribution is 2.37. The first kappa shape index (κ1) is 26.4. The molecule has 1 amide bonds. The van der Waals surface area contributed by atoms with E-state index >= 15 is 0 Å². The minimum Gasteiger partial charge on any atom is -0.481 e. The van der Waals surface area contributed by atoms with E-state index in [1.807, 2.05) is 42.5 Å². The van der Waals surface area contributed by atoms with Crippen molar-refractivity contribution >= 4 is 29.2 Å². The molecule has 186 valence electrons. The van der Waals surface area contributed by atoms with Crippen molar-refractivity contribution in [2.45, 2.75) is 45.3 Å². The molecule has 1 aromatic carbocycles. The van der Waals surface area contributed by atoms with Crippen LogP contribution in [0.15, 0.2) is 67.0 Å². The third-order valence-corrected chi connectivity index (χ3v) is 5.99. The minimum absolute atomic E-state index is 0.0745. The van der Waals surface area contributed by atoms with E-state index in [-0.39, 0.29) is 25.9 Å². The number of allylic oxidation sites excluding steroid dienone is 3. The molecule has 0 fully saturated rings. The van der Waals surface area contributed by atoms with Gasteiger partial charge in [-0.25, -0.2) is 4.79 Å². The predicted octanol–water partition coefficient (Wildman–Crippen LogP) is 5.51. The molecule has 1 aliphatic carbocycles. The number of carboxylic acids is 1. The number of benzene rings is 1. The normalized spacial score (nSPS) is 18.5. The zero-order valence-corrected chi connectivity index (χ0v) is 20.9. The molecule has 2 aromatic rings. The summed E-state index contributed by atoms with van der Waals surface area (Å²) in [6.07, 6.45) is 7.08. The summed E-state index contributed by atoms with van der Waals surface area (Å²) in [6, 6.07) is 11.3. The molecule has 2 N–H and O–H groups in total. The maximum atomic E-state index is 13.0. The van der Waals surface area contributed by atoms with Crippen LogP contribution >= 0.6 is 11.6 Å². The molecule has 35 heavy (non-hydrogen) atoms. The Labute approximate surface area is 210 Å². The fourth-order valence-corrected chi connectivity index (χ4v) is 4.00. The fourth-order valence-electron chi connectivity index (χ4n) is 3.82. The second-order valence-corrected chi connectivity index (χ2v) is 10.1. The van der Waals surface area contributed by atoms with Gasteiger partial charge in [0, 0.05) is 24.5 Å². The van der Waals surface area contributed by atoms with E-state index in [0.29, 0.717) is 10.6 Å². The van der Waals surface area contributed by atoms with Gasteiger partial charge in [-0.2, -0.15) is 0 Å². The third kappa shape index (κ3) is 7.16. The number of carbonyl (C=O) groups is 2. The molecule has 1 aromatic heterocycles. The summed E-state index contributed by atoms with van der Waals surface area (Å²) in [6.45, 7) is 5.23. The Morgan fingerprint density at radius 3 is 2.51 bits per heavy atom. The van der Waals surface area contributed by atoms with E-state index in [9.17, 15) is 19.8 Å². The van der Waals surface area contributed by atoms with Crippen molar-refractivity contribution in [3.63, 3.8) is 0 Å². The number of aliphatic hydroxyl groups is 1. The summed E-state index contributed by atoms with van der Waals surface area (Å²) in [5, 5.41) is 21.2. The Balaban J connectivity index is 1.78. The van der Waals surface area contributed by atoms with Crippen LogP contribution in [-0.4, -0.2) is 50.9 Å². The number of carbonyl (C=O) groups excluding carboxylic acids is 1. The number of amides is 1. The Kier molecular flexibility index (Phi) is 8.35. The zero-order chi connectivity index (χ0) is 25.6. The molecule has 1 heterocycles. The fraction of sp³-hybridized carbons (Fsp3) is 0.370. The van der Waals surface area contributed by atoms with E-state index in [1.165, 1.54) is 17.3 Å². The second kappa shape index (κ2) is 11.1. The number of aliphatic hydroxyl groups excluding tert-OH is 1. The standard InChI is InChI=1S/C27H31ClN2O5/c1-26(2,3)35-25(34)30(18-23(31)21-15-22(28)17-29-16-21)14-13-27(24(32)33)11-9-20(10-12-27)19-7-5-4-6-8-19/h4-11,15-17,23,31H,12-14,18H2,1-3H3,(H,32,33)/t23-,27?/m0/s1. The van der Waals surface area contributed by atoms with Gasteiger partial charge in [0.05, 0.1) is 23.1 Å². The van der Waals surface area contributed by atoms with Crippen molar-refractivity contribution in [3.05, 3.63) is 83.2 Å². The summed E-state index contributed by atoms with van der Waals surface area (Å²) in [5.74, 6) is -0.971. The smallest absolute Gasteiger partial charge is 0.410 e. The predicted molar refractivity (Wildman–Crippen MR) is 135 cm³/mol. The number of rotatable bonds is 8. The van der Waals surface area contributed by atoms with Gasteiger partial charge in [0.2, 0.25) is 0 Å². The number of carboxylic acid groups (broad SMARTS) is 1. The van der Waals surface area contributed by atoms with Gasteiger partial charge < -0.3 is 19.8 Å². The van der Waals surface area contributed by atoms with Gasteiger partial charge in [-0.3, -0.25) is 9.78 Å². The monoisotopic (exact) mass is 498 g/mol. The van der Waals surface area contributed by atoms with Crippen molar-refractivity contribution in [3.8, 4) is 0 Å². The third-order valence-electron chi connectivity index (χ3n) is 5.78. The Bertz CT molecular complexity index is 1110. The van der Waals surface area contributed by atoms with E-state index in [1.54, 1.807) is 32.9 Å². The number of ether oxygens (including phenoxy) is 1. The van der Waals surface area contributed by atoms with Crippen LogP contribution in [0.25, 0.3) is 5.57 Å². The molecule has 0 saturated heterocycles. The van der Waals surface area contributed by atoms with Crippen LogP contribution in [0, 0.1) is 5.41 Å². The summed E-state index contributed by atoms with van der Waals surface area (Å²) >= 11 is 5.99. The maximum Gasteiger partial charge on any atom is 0.410 e. The number of halogens is 1. The molecule has 0 saturated carbocycles. The first-order valence-corrected chi connectivity index (χ1v) is 11.8. The van der Waals surface area contributed by atoms with E-state index in [4.69, 9.17) is 16.3 Å². The number of aliphatic carboxylic acids is 1. The van der Waals surface area contributed by atoms with Crippen LogP contribution in [0.5, 0.6) is 0 Å². The summed E-state index contributed by atoms with van der Waals surface area (Å²) in [4.78, 5) is 30.6. The quantitative estimate of drug-likeness (QED) is 0.497. The van der Waals surface area contributed by atoms with Crippen molar-refractivity contribution in [2.24, 2.45) is 5.41 Å². The van der Waals surface area contributed by atoms with Crippen molar-refractivity contribution in [2.75, 3.05) is 13.1 Å². The van der Waals surface area contributed by atoms with Gasteiger partial charge >= 0.3 is 12.1 Å². The Morgan fingerprint density at radius 2 is 1.94 bits per heavy atom. The lowest BCUT2D eigenvalue weighted by molar-refractivity contribution is -0.146. The highest BCUT2D eigenvalue weighted by atomic mass is 35.5. The van der Waals surface area contributed by atoms with Crippen LogP contribution < -0.4 is 0 Å². The molecule has 0 aliphatic heterocycles. The minimum atomic E-state index is -1.18. The molecule has 0 bridgehead atoms. The van der Waals surface area contributed by atoms with Gasteiger partial charge in [0.25, 0.3) is 0 Å². The van der Waals surface area contributed by atoms with Crippen LogP contribution in [-0.2, 0) is 9.53 Å². The molecule has 1 aliphatic rings. The lowest BCUT2D eigenvalue weighted by Gasteiger charge is -2.33. The first-order chi connectivity index (χ1) is 16.5. The van der Waals surface area contributed by atoms with Crippen LogP contribution in [0.2, 0.25) is 5.02 Å². The highest BCUT2D eigenvalue weighted by Gasteiger charge is 2.38. The number of nitrogens with zero attached hydrogens (tertiary/aromatic N) is 2. The largest absolute Gasteiger partial charge is 0.481 e. The number of pyridine rings is 1. The van der Waals surface area contributed by atoms with Gasteiger partial charge in [-0.1, -0.05) is 60.2 Å². The van der Waals surface area contributed by atoms with E-state index in [0.717, 1.165) is 11.1 Å². The SMILES string of the molecule is CC(C)(C)OC(=O)N(CCC1(C(=O)O)C=CC(c2ccccc2)=CC1)C[C@H](O)c1cncc(Cl)c1. The summed E-state index contributed by atoms with van der Waals surface area (Å²) in [5.41, 5.74) is 0.486. The van der Waals surface area contributed by atoms with Crippen molar-refractivity contribution in [1.29, 1.82) is 0 Å². The Hall–Kier alpha value is -3.16. The first-order valence-electron chi connectivity index (χ1n) is 11.4. The maximum absolute atomic E-state index is 13.0. The second-order valence-electron chi connectivity index (χ2n) is 9.65. The van der Waals surface area contributed by atoms with Gasteiger partial charge in [0.1, 0.15) is 5.60 Å². The topological polar surface area (TPSA) is 100.0 Å². The summed E-state index contributed by atoms with van der Waals surface area (Å²) < 4.78 is 5.53. The number of hydrogen-bond donors (Lipinski definition) is 2.